The maximum atomic E-state index is 13.8. The number of amides is 2. The molecule has 0 aliphatic carbocycles. The molecule has 0 radical (unpaired) electrons. The lowest BCUT2D eigenvalue weighted by Gasteiger charge is -2.38. The molecular formula is C33H33F3N4O6. The molecule has 10 nitrogen and oxygen atoms in total. The third kappa shape index (κ3) is 7.78. The van der Waals surface area contributed by atoms with Gasteiger partial charge in [-0.1, -0.05) is 12.1 Å². The number of hydrogen-bond acceptors (Lipinski definition) is 8. The normalized spacial score (nSPS) is 13.7. The molecule has 242 valence electrons. The number of alkyl halides is 3. The number of nitrogens with one attached hydrogen (secondary N) is 2. The Balaban J connectivity index is 1.26. The Kier molecular flexibility index (Phi) is 9.52. The van der Waals surface area contributed by atoms with Gasteiger partial charge in [0.15, 0.2) is 11.4 Å². The summed E-state index contributed by atoms with van der Waals surface area (Å²) >= 11 is 0. The number of anilines is 2. The topological polar surface area (TPSA) is 113 Å². The number of aryl methyl sites for hydroxylation is 1. The Morgan fingerprint density at radius 1 is 0.978 bits per heavy atom. The van der Waals surface area contributed by atoms with Crippen molar-refractivity contribution >= 4 is 17.5 Å². The van der Waals surface area contributed by atoms with Crippen LogP contribution in [0, 0.1) is 6.92 Å². The SMILES string of the molecule is CCOc1cc(-c2cnc(NC(=O)Nc3ccc(OC4(C)COC4)c(C(F)(F)F)c3)cc2C)cnc1OCc1ccc(OC)cc1. The van der Waals surface area contributed by atoms with Gasteiger partial charge in [-0.3, -0.25) is 5.32 Å². The number of carbonyl (C=O) groups excluding carboxylic acids is 1. The summed E-state index contributed by atoms with van der Waals surface area (Å²) in [5.41, 5.74) is 1.23. The van der Waals surface area contributed by atoms with E-state index in [1.54, 1.807) is 38.6 Å². The summed E-state index contributed by atoms with van der Waals surface area (Å²) in [5, 5.41) is 4.99. The van der Waals surface area contributed by atoms with Crippen LogP contribution < -0.4 is 29.6 Å². The second kappa shape index (κ2) is 13.5. The third-order valence-electron chi connectivity index (χ3n) is 7.03. The number of hydrogen-bond donors (Lipinski definition) is 2. The fourth-order valence-corrected chi connectivity index (χ4v) is 4.66. The van der Waals surface area contributed by atoms with Crippen molar-refractivity contribution in [2.24, 2.45) is 0 Å². The standard InChI is InChI=1S/C33H33F3N4O6/c1-5-44-28-13-22(15-38-30(28)45-17-21-6-9-24(42-4)10-7-21)25-16-37-29(12-20(25)2)40-31(41)39-23-8-11-27(26(14-23)33(34,35)36)46-32(3)18-43-19-32/h6-16H,5,17-19H2,1-4H3,(H2,37,39,40,41). The molecule has 0 saturated carbocycles. The number of carbonyl (C=O) groups is 1. The molecule has 13 heteroatoms. The zero-order valence-corrected chi connectivity index (χ0v) is 25.7. The summed E-state index contributed by atoms with van der Waals surface area (Å²) in [6.45, 7) is 6.41. The number of methoxy groups -OCH3 is 1. The maximum absolute atomic E-state index is 13.8. The van der Waals surface area contributed by atoms with E-state index in [4.69, 9.17) is 23.7 Å². The highest BCUT2D eigenvalue weighted by atomic mass is 19.4. The molecule has 46 heavy (non-hydrogen) atoms. The average molecular weight is 639 g/mol. The summed E-state index contributed by atoms with van der Waals surface area (Å²) in [6, 6.07) is 13.5. The lowest BCUT2D eigenvalue weighted by molar-refractivity contribution is -0.160. The molecule has 2 aromatic heterocycles. The van der Waals surface area contributed by atoms with Gasteiger partial charge in [0.2, 0.25) is 0 Å². The number of nitrogens with zero attached hydrogens (tertiary/aromatic N) is 2. The molecule has 2 amide bonds. The highest BCUT2D eigenvalue weighted by Gasteiger charge is 2.40. The summed E-state index contributed by atoms with van der Waals surface area (Å²) < 4.78 is 68.9. The summed E-state index contributed by atoms with van der Waals surface area (Å²) in [5.74, 6) is 1.40. The first-order valence-electron chi connectivity index (χ1n) is 14.4. The van der Waals surface area contributed by atoms with Crippen LogP contribution in [0.5, 0.6) is 23.1 Å². The van der Waals surface area contributed by atoms with Gasteiger partial charge in [0.05, 0.1) is 32.5 Å². The molecule has 3 heterocycles. The number of urea groups is 1. The average Bonchev–Trinajstić information content (AvgIpc) is 3.00. The molecule has 1 aliphatic rings. The molecule has 1 saturated heterocycles. The third-order valence-corrected chi connectivity index (χ3v) is 7.03. The van der Waals surface area contributed by atoms with E-state index >= 15 is 0 Å². The predicted molar refractivity (Wildman–Crippen MR) is 165 cm³/mol. The molecule has 0 spiro atoms. The van der Waals surface area contributed by atoms with Gasteiger partial charge in [0, 0.05) is 29.2 Å². The Morgan fingerprint density at radius 3 is 2.37 bits per heavy atom. The van der Waals surface area contributed by atoms with Gasteiger partial charge in [-0.25, -0.2) is 14.8 Å². The molecule has 0 bridgehead atoms. The van der Waals surface area contributed by atoms with E-state index in [0.29, 0.717) is 23.8 Å². The highest BCUT2D eigenvalue weighted by Crippen LogP contribution is 2.40. The molecule has 0 atom stereocenters. The van der Waals surface area contributed by atoms with Crippen molar-refractivity contribution < 1.29 is 41.7 Å². The maximum Gasteiger partial charge on any atom is 0.420 e. The second-order valence-electron chi connectivity index (χ2n) is 10.8. The molecule has 1 fully saturated rings. The van der Waals surface area contributed by atoms with E-state index < -0.39 is 23.4 Å². The van der Waals surface area contributed by atoms with Crippen molar-refractivity contribution in [3.63, 3.8) is 0 Å². The van der Waals surface area contributed by atoms with Gasteiger partial charge >= 0.3 is 12.2 Å². The monoisotopic (exact) mass is 638 g/mol. The van der Waals surface area contributed by atoms with Crippen LogP contribution in [0.4, 0.5) is 29.5 Å². The summed E-state index contributed by atoms with van der Waals surface area (Å²) in [7, 11) is 1.60. The Morgan fingerprint density at radius 2 is 1.74 bits per heavy atom. The fourth-order valence-electron chi connectivity index (χ4n) is 4.66. The van der Waals surface area contributed by atoms with E-state index in [2.05, 4.69) is 20.6 Å². The fraction of sp³-hybridized carbons (Fsp3) is 0.303. The molecule has 2 aromatic carbocycles. The van der Waals surface area contributed by atoms with Crippen molar-refractivity contribution in [1.82, 2.24) is 9.97 Å². The summed E-state index contributed by atoms with van der Waals surface area (Å²) in [6.07, 6.45) is -1.50. The number of pyridine rings is 2. The Labute approximate surface area is 263 Å². The van der Waals surface area contributed by atoms with E-state index in [-0.39, 0.29) is 37.1 Å². The van der Waals surface area contributed by atoms with Crippen LogP contribution in [0.1, 0.15) is 30.5 Å². The summed E-state index contributed by atoms with van der Waals surface area (Å²) in [4.78, 5) is 21.5. The van der Waals surface area contributed by atoms with Crippen LogP contribution in [0.15, 0.2) is 67.0 Å². The lowest BCUT2D eigenvalue weighted by Crippen LogP contribution is -2.51. The van der Waals surface area contributed by atoms with E-state index in [1.165, 1.54) is 12.1 Å². The Hall–Kier alpha value is -5.04. The van der Waals surface area contributed by atoms with Crippen molar-refractivity contribution in [3.05, 3.63) is 83.7 Å². The molecule has 5 rings (SSSR count). The second-order valence-corrected chi connectivity index (χ2v) is 10.8. The van der Waals surface area contributed by atoms with E-state index in [0.717, 1.165) is 28.5 Å². The van der Waals surface area contributed by atoms with Gasteiger partial charge in [-0.05, 0) is 74.4 Å². The number of halogens is 3. The molecule has 2 N–H and O–H groups in total. The van der Waals surface area contributed by atoms with Crippen molar-refractivity contribution in [2.45, 2.75) is 39.2 Å². The molecule has 4 aromatic rings. The van der Waals surface area contributed by atoms with Crippen LogP contribution in [0.3, 0.4) is 0 Å². The number of ether oxygens (including phenoxy) is 5. The van der Waals surface area contributed by atoms with E-state index in [9.17, 15) is 18.0 Å². The van der Waals surface area contributed by atoms with Crippen molar-refractivity contribution in [1.29, 1.82) is 0 Å². The first-order valence-corrected chi connectivity index (χ1v) is 14.4. The first kappa shape index (κ1) is 32.4. The van der Waals surface area contributed by atoms with Gasteiger partial charge in [-0.2, -0.15) is 13.2 Å². The minimum absolute atomic E-state index is 0.0654. The highest BCUT2D eigenvalue weighted by molar-refractivity contribution is 5.99. The smallest absolute Gasteiger partial charge is 0.420 e. The Bertz CT molecular complexity index is 1690. The lowest BCUT2D eigenvalue weighted by atomic mass is 10.0. The number of benzene rings is 2. The molecule has 1 aliphatic heterocycles. The van der Waals surface area contributed by atoms with Crippen LogP contribution in [-0.2, 0) is 17.5 Å². The zero-order chi connectivity index (χ0) is 32.9. The van der Waals surface area contributed by atoms with Gasteiger partial charge in [-0.15, -0.1) is 0 Å². The minimum atomic E-state index is -4.70. The molecular weight excluding hydrogens is 605 g/mol. The van der Waals surface area contributed by atoms with Gasteiger partial charge in [0.25, 0.3) is 5.88 Å². The van der Waals surface area contributed by atoms with Gasteiger partial charge in [0.1, 0.15) is 23.9 Å². The van der Waals surface area contributed by atoms with E-state index in [1.807, 2.05) is 38.1 Å². The largest absolute Gasteiger partial charge is 0.497 e. The van der Waals surface area contributed by atoms with Crippen LogP contribution in [0.25, 0.3) is 11.1 Å². The minimum Gasteiger partial charge on any atom is -0.497 e. The van der Waals surface area contributed by atoms with Crippen LogP contribution in [-0.4, -0.2) is 48.5 Å². The van der Waals surface area contributed by atoms with Gasteiger partial charge < -0.3 is 29.0 Å². The van der Waals surface area contributed by atoms with Crippen molar-refractivity contribution in [2.75, 3.05) is 37.6 Å². The quantitative estimate of drug-likeness (QED) is 0.176. The van der Waals surface area contributed by atoms with Crippen LogP contribution >= 0.6 is 0 Å². The zero-order valence-electron chi connectivity index (χ0n) is 25.7. The first-order chi connectivity index (χ1) is 22.0. The molecule has 0 unspecified atom stereocenters. The number of aromatic nitrogens is 2. The predicted octanol–water partition coefficient (Wildman–Crippen LogP) is 7.27. The number of rotatable bonds is 11. The van der Waals surface area contributed by atoms with Crippen LogP contribution in [0.2, 0.25) is 0 Å². The van der Waals surface area contributed by atoms with Crippen molar-refractivity contribution in [3.8, 4) is 34.3 Å².